The summed E-state index contributed by atoms with van der Waals surface area (Å²) in [5, 5.41) is 3.42. The molecule has 1 N–H and O–H groups in total. The highest BCUT2D eigenvalue weighted by Crippen LogP contribution is 2.37. The first kappa shape index (κ1) is 24.6. The van der Waals surface area contributed by atoms with E-state index in [2.05, 4.69) is 10.3 Å². The lowest BCUT2D eigenvalue weighted by atomic mass is 10.1. The van der Waals surface area contributed by atoms with Crippen molar-refractivity contribution < 1.29 is 22.4 Å². The number of halogens is 3. The molecule has 1 aromatic heterocycles. The minimum Gasteiger partial charge on any atom is -0.306 e. The summed E-state index contributed by atoms with van der Waals surface area (Å²) in [4.78, 5) is 31.6. The van der Waals surface area contributed by atoms with Gasteiger partial charge in [0.15, 0.2) is 15.0 Å². The fraction of sp³-hybridized carbons (Fsp3) is 0.227. The van der Waals surface area contributed by atoms with E-state index in [9.17, 15) is 22.4 Å². The maximum Gasteiger partial charge on any atom is 0.270 e. The van der Waals surface area contributed by atoms with Gasteiger partial charge in [-0.25, -0.2) is 17.8 Å². The Kier molecular flexibility index (Phi) is 6.95. The molecule has 0 fully saturated rings. The lowest BCUT2D eigenvalue weighted by Crippen LogP contribution is -2.37. The first-order valence-electron chi connectivity index (χ1n) is 10.2. The molecule has 0 saturated carbocycles. The Hall–Kier alpha value is -2.53. The van der Waals surface area contributed by atoms with Crippen molar-refractivity contribution in [2.45, 2.75) is 24.7 Å². The Morgan fingerprint density at radius 1 is 1.26 bits per heavy atom. The average molecular weight is 542 g/mol. The molecule has 2 amide bonds. The number of anilines is 2. The molecule has 7 nitrogen and oxygen atoms in total. The van der Waals surface area contributed by atoms with E-state index >= 15 is 0 Å². The predicted molar refractivity (Wildman–Crippen MR) is 130 cm³/mol. The van der Waals surface area contributed by atoms with Crippen LogP contribution in [-0.2, 0) is 27.5 Å². The van der Waals surface area contributed by atoms with Gasteiger partial charge < -0.3 is 10.2 Å². The van der Waals surface area contributed by atoms with Crippen LogP contribution in [0.3, 0.4) is 0 Å². The number of amides is 2. The van der Waals surface area contributed by atoms with Crippen LogP contribution in [0.2, 0.25) is 10.0 Å². The van der Waals surface area contributed by atoms with Crippen LogP contribution in [0.5, 0.6) is 0 Å². The summed E-state index contributed by atoms with van der Waals surface area (Å²) in [7, 11) is -3.55. The quantitative estimate of drug-likeness (QED) is 0.485. The van der Waals surface area contributed by atoms with Crippen LogP contribution in [0, 0.1) is 5.82 Å². The van der Waals surface area contributed by atoms with Gasteiger partial charge in [-0.15, -0.1) is 0 Å². The molecule has 0 bridgehead atoms. The second kappa shape index (κ2) is 9.61. The monoisotopic (exact) mass is 541 g/mol. The molecule has 178 valence electrons. The molecule has 0 saturated heterocycles. The summed E-state index contributed by atoms with van der Waals surface area (Å²) >= 11 is 13.4. The number of aromatic nitrogens is 1. The zero-order valence-corrected chi connectivity index (χ0v) is 20.9. The molecular formula is C22H18Cl2FN3O4S2. The number of benzene rings is 2. The van der Waals surface area contributed by atoms with Gasteiger partial charge in [-0.2, -0.15) is 0 Å². The van der Waals surface area contributed by atoms with E-state index in [1.54, 1.807) is 18.2 Å². The van der Waals surface area contributed by atoms with Crippen LogP contribution >= 0.6 is 34.5 Å². The largest absolute Gasteiger partial charge is 0.306 e. The number of nitrogens with one attached hydrogen (secondary N) is 1. The number of fused-ring (bicyclic) bond motifs is 1. The molecule has 12 heteroatoms. The molecule has 0 aliphatic carbocycles. The maximum absolute atomic E-state index is 14.4. The van der Waals surface area contributed by atoms with Gasteiger partial charge in [-0.05, 0) is 29.8 Å². The van der Waals surface area contributed by atoms with Crippen molar-refractivity contribution in [1.29, 1.82) is 0 Å². The Morgan fingerprint density at radius 3 is 2.74 bits per heavy atom. The summed E-state index contributed by atoms with van der Waals surface area (Å²) in [5.41, 5.74) is 1.10. The third-order valence-corrected chi connectivity index (χ3v) is 8.83. The van der Waals surface area contributed by atoms with Crippen LogP contribution in [0.4, 0.5) is 15.2 Å². The average Bonchev–Trinajstić information content (AvgIpc) is 3.21. The van der Waals surface area contributed by atoms with Crippen molar-refractivity contribution in [3.8, 4) is 0 Å². The summed E-state index contributed by atoms with van der Waals surface area (Å²) in [6.45, 7) is 1.82. The molecular weight excluding hydrogens is 524 g/mol. The first-order valence-corrected chi connectivity index (χ1v) is 13.4. The number of hydrogen-bond donors (Lipinski definition) is 1. The standard InChI is InChI=1S/C22H18Cl2FN3O4S2/c1-2-34(31,32)13-7-6-12(15(25)11-13)10-18(29)27-22-26-16-8-9-28(21(30)20(16)33-22)17-5-3-4-14(23)19(17)24/h3-7,11H,2,8-10H2,1H3,(H,26,27,29). The van der Waals surface area contributed by atoms with Gasteiger partial charge in [0, 0.05) is 13.0 Å². The summed E-state index contributed by atoms with van der Waals surface area (Å²) in [6.07, 6.45) is 0.138. The van der Waals surface area contributed by atoms with Crippen LogP contribution in [-0.4, -0.2) is 37.5 Å². The lowest BCUT2D eigenvalue weighted by molar-refractivity contribution is -0.115. The molecule has 0 radical (unpaired) electrons. The van der Waals surface area contributed by atoms with E-state index in [0.29, 0.717) is 34.2 Å². The number of sulfone groups is 1. The zero-order valence-electron chi connectivity index (χ0n) is 17.8. The summed E-state index contributed by atoms with van der Waals surface area (Å²) in [6, 6.07) is 8.51. The molecule has 0 atom stereocenters. The minimum atomic E-state index is -3.55. The van der Waals surface area contributed by atoms with Crippen LogP contribution in [0.25, 0.3) is 0 Å². The molecule has 2 heterocycles. The fourth-order valence-electron chi connectivity index (χ4n) is 3.48. The van der Waals surface area contributed by atoms with Gasteiger partial charge in [0.2, 0.25) is 5.91 Å². The van der Waals surface area contributed by atoms with Gasteiger partial charge in [-0.1, -0.05) is 53.6 Å². The first-order chi connectivity index (χ1) is 16.1. The van der Waals surface area contributed by atoms with Gasteiger partial charge in [0.1, 0.15) is 10.7 Å². The highest BCUT2D eigenvalue weighted by Gasteiger charge is 2.31. The third kappa shape index (κ3) is 4.81. The van der Waals surface area contributed by atoms with Crippen molar-refractivity contribution in [2.24, 2.45) is 0 Å². The summed E-state index contributed by atoms with van der Waals surface area (Å²) < 4.78 is 38.2. The number of carbonyl (C=O) groups excluding carboxylic acids is 2. The predicted octanol–water partition coefficient (Wildman–Crippen LogP) is 4.77. The van der Waals surface area contributed by atoms with Gasteiger partial charge in [0.25, 0.3) is 5.91 Å². The molecule has 0 spiro atoms. The fourth-order valence-corrected chi connectivity index (χ4v) is 5.75. The van der Waals surface area contributed by atoms with Gasteiger partial charge >= 0.3 is 0 Å². The normalized spacial score (nSPS) is 13.6. The number of thiazole rings is 1. The van der Waals surface area contributed by atoms with Crippen molar-refractivity contribution in [3.63, 3.8) is 0 Å². The number of carbonyl (C=O) groups is 2. The number of hydrogen-bond acceptors (Lipinski definition) is 6. The highest BCUT2D eigenvalue weighted by molar-refractivity contribution is 7.91. The van der Waals surface area contributed by atoms with E-state index in [4.69, 9.17) is 23.2 Å². The van der Waals surface area contributed by atoms with E-state index < -0.39 is 21.6 Å². The second-order valence-corrected chi connectivity index (χ2v) is 11.5. The van der Waals surface area contributed by atoms with E-state index in [0.717, 1.165) is 17.4 Å². The van der Waals surface area contributed by atoms with Crippen molar-refractivity contribution >= 4 is 67.0 Å². The van der Waals surface area contributed by atoms with Gasteiger partial charge in [-0.3, -0.25) is 9.59 Å². The smallest absolute Gasteiger partial charge is 0.270 e. The van der Waals surface area contributed by atoms with Crippen molar-refractivity contribution in [2.75, 3.05) is 22.5 Å². The molecule has 3 aromatic rings. The molecule has 1 aliphatic rings. The molecule has 1 aliphatic heterocycles. The zero-order chi connectivity index (χ0) is 24.6. The van der Waals surface area contributed by atoms with Gasteiger partial charge in [0.05, 0.1) is 38.5 Å². The number of nitrogens with zero attached hydrogens (tertiary/aromatic N) is 2. The summed E-state index contributed by atoms with van der Waals surface area (Å²) in [5.74, 6) is -1.78. The second-order valence-electron chi connectivity index (χ2n) is 7.46. The number of rotatable bonds is 6. The minimum absolute atomic E-state index is 0.0479. The van der Waals surface area contributed by atoms with Crippen molar-refractivity contribution in [3.05, 3.63) is 68.4 Å². The van der Waals surface area contributed by atoms with Crippen LogP contribution < -0.4 is 10.2 Å². The topological polar surface area (TPSA) is 96.4 Å². The molecule has 2 aromatic carbocycles. The van der Waals surface area contributed by atoms with E-state index in [-0.39, 0.29) is 38.7 Å². The van der Waals surface area contributed by atoms with Crippen molar-refractivity contribution in [1.82, 2.24) is 4.98 Å². The van der Waals surface area contributed by atoms with E-state index in [1.165, 1.54) is 24.0 Å². The SMILES string of the molecule is CCS(=O)(=O)c1ccc(CC(=O)Nc2nc3c(s2)C(=O)N(c2cccc(Cl)c2Cl)CC3)c(F)c1. The van der Waals surface area contributed by atoms with Crippen LogP contribution in [0.1, 0.15) is 27.9 Å². The van der Waals surface area contributed by atoms with Crippen LogP contribution in [0.15, 0.2) is 41.3 Å². The Morgan fingerprint density at radius 2 is 2.03 bits per heavy atom. The highest BCUT2D eigenvalue weighted by atomic mass is 35.5. The third-order valence-electron chi connectivity index (χ3n) is 5.29. The van der Waals surface area contributed by atoms with E-state index in [1.807, 2.05) is 0 Å². The Balaban J connectivity index is 1.48. The Labute approximate surface area is 209 Å². The Bertz CT molecular complexity index is 1410. The maximum atomic E-state index is 14.4. The molecule has 4 rings (SSSR count). The molecule has 34 heavy (non-hydrogen) atoms. The molecule has 0 unspecified atom stereocenters. The lowest BCUT2D eigenvalue weighted by Gasteiger charge is -2.27.